The van der Waals surface area contributed by atoms with Gasteiger partial charge in [-0.3, -0.25) is 14.3 Å². The average Bonchev–Trinajstić information content (AvgIpc) is 3.04. The predicted octanol–water partition coefficient (Wildman–Crippen LogP) is 2.00. The van der Waals surface area contributed by atoms with E-state index in [0.29, 0.717) is 25.2 Å². The van der Waals surface area contributed by atoms with E-state index in [0.717, 1.165) is 18.0 Å². The van der Waals surface area contributed by atoms with E-state index in [1.54, 1.807) is 9.58 Å². The zero-order valence-corrected chi connectivity index (χ0v) is 15.8. The maximum absolute atomic E-state index is 12.9. The second kappa shape index (κ2) is 8.24. The third-order valence-electron chi connectivity index (χ3n) is 4.95. The Balaban J connectivity index is 1.72. The number of amides is 2. The molecule has 144 valence electrons. The molecule has 1 aliphatic rings. The molecule has 2 aromatic rings. The van der Waals surface area contributed by atoms with Crippen LogP contribution in [0.4, 0.5) is 0 Å². The molecule has 1 saturated heterocycles. The van der Waals surface area contributed by atoms with Gasteiger partial charge in [-0.2, -0.15) is 5.10 Å². The zero-order valence-electron chi connectivity index (χ0n) is 15.8. The lowest BCUT2D eigenvalue weighted by Crippen LogP contribution is -2.49. The number of rotatable bonds is 6. The zero-order chi connectivity index (χ0) is 19.4. The Morgan fingerprint density at radius 3 is 2.67 bits per heavy atom. The molecule has 2 heterocycles. The summed E-state index contributed by atoms with van der Waals surface area (Å²) < 4.78 is 7.88. The number of piperidine rings is 1. The van der Waals surface area contributed by atoms with Crippen LogP contribution >= 0.6 is 0 Å². The van der Waals surface area contributed by atoms with Crippen molar-refractivity contribution in [2.24, 2.45) is 11.7 Å². The molecule has 3 rings (SSSR count). The van der Waals surface area contributed by atoms with Crippen molar-refractivity contribution in [3.05, 3.63) is 47.8 Å². The average molecular weight is 370 g/mol. The fraction of sp³-hybridized carbons (Fsp3) is 0.450. The van der Waals surface area contributed by atoms with Crippen molar-refractivity contribution in [2.75, 3.05) is 13.1 Å². The van der Waals surface area contributed by atoms with Gasteiger partial charge in [0.2, 0.25) is 5.91 Å². The minimum atomic E-state index is -0.387. The third-order valence-corrected chi connectivity index (χ3v) is 4.95. The number of carbonyl (C=O) groups excluding carboxylic acids is 2. The van der Waals surface area contributed by atoms with Crippen LogP contribution in [0.25, 0.3) is 0 Å². The first kappa shape index (κ1) is 18.9. The van der Waals surface area contributed by atoms with E-state index in [4.69, 9.17) is 10.5 Å². The number of nitrogens with two attached hydrogens (primary N) is 1. The van der Waals surface area contributed by atoms with E-state index in [2.05, 4.69) is 5.10 Å². The molecular formula is C20H26N4O3. The van der Waals surface area contributed by atoms with Gasteiger partial charge < -0.3 is 15.4 Å². The van der Waals surface area contributed by atoms with Crippen LogP contribution in [0, 0.1) is 12.8 Å². The molecule has 2 N–H and O–H groups in total. The largest absolute Gasteiger partial charge is 0.490 e. The smallest absolute Gasteiger partial charge is 0.274 e. The topological polar surface area (TPSA) is 90.4 Å². The van der Waals surface area contributed by atoms with Crippen LogP contribution in [-0.2, 0) is 11.3 Å². The summed E-state index contributed by atoms with van der Waals surface area (Å²) in [4.78, 5) is 26.2. The lowest BCUT2D eigenvalue weighted by Gasteiger charge is -2.38. The number of hydrogen-bond donors (Lipinski definition) is 1. The van der Waals surface area contributed by atoms with Gasteiger partial charge in [-0.15, -0.1) is 0 Å². The van der Waals surface area contributed by atoms with E-state index in [1.807, 2.05) is 50.2 Å². The van der Waals surface area contributed by atoms with Gasteiger partial charge >= 0.3 is 0 Å². The number of nitrogens with zero attached hydrogens (tertiary/aromatic N) is 3. The van der Waals surface area contributed by atoms with Crippen LogP contribution in [0.3, 0.4) is 0 Å². The van der Waals surface area contributed by atoms with Gasteiger partial charge in [0, 0.05) is 44.1 Å². The van der Waals surface area contributed by atoms with E-state index in [-0.39, 0.29) is 30.3 Å². The Hall–Kier alpha value is -2.83. The number of hydrogen-bond acceptors (Lipinski definition) is 4. The number of ether oxygens (including phenoxy) is 1. The summed E-state index contributed by atoms with van der Waals surface area (Å²) in [5.74, 6) is 0.115. The van der Waals surface area contributed by atoms with Gasteiger partial charge in [0.25, 0.3) is 5.91 Å². The van der Waals surface area contributed by atoms with Gasteiger partial charge in [-0.05, 0) is 32.0 Å². The molecule has 2 atom stereocenters. The first-order valence-electron chi connectivity index (χ1n) is 9.31. The molecular weight excluding hydrogens is 344 g/mol. The minimum Gasteiger partial charge on any atom is -0.490 e. The molecule has 0 saturated carbocycles. The Labute approximate surface area is 159 Å². The second-order valence-corrected chi connectivity index (χ2v) is 6.93. The quantitative estimate of drug-likeness (QED) is 0.842. The Morgan fingerprint density at radius 1 is 1.30 bits per heavy atom. The lowest BCUT2D eigenvalue weighted by molar-refractivity contribution is -0.120. The van der Waals surface area contributed by atoms with Crippen LogP contribution in [0.15, 0.2) is 36.4 Å². The standard InChI is InChI=1S/C20H26N4O3/c1-3-24-14(2)11-17(22-24)20(26)23-10-9-18(15(13-23)12-19(21)25)27-16-7-5-4-6-8-16/h4-8,11,15,18H,3,9-10,12-13H2,1-2H3,(H2,21,25)/t15-,18-/m0/s1. The van der Waals surface area contributed by atoms with Gasteiger partial charge in [-0.1, -0.05) is 18.2 Å². The number of benzene rings is 1. The summed E-state index contributed by atoms with van der Waals surface area (Å²) in [5, 5.41) is 4.38. The van der Waals surface area contributed by atoms with Crippen LogP contribution in [0.1, 0.15) is 35.9 Å². The van der Waals surface area contributed by atoms with Crippen molar-refractivity contribution >= 4 is 11.8 Å². The van der Waals surface area contributed by atoms with E-state index < -0.39 is 0 Å². The summed E-state index contributed by atoms with van der Waals surface area (Å²) in [6.07, 6.45) is 0.675. The second-order valence-electron chi connectivity index (χ2n) is 6.93. The first-order chi connectivity index (χ1) is 13.0. The molecule has 1 aliphatic heterocycles. The molecule has 0 spiro atoms. The highest BCUT2D eigenvalue weighted by Gasteiger charge is 2.35. The normalized spacial score (nSPS) is 19.7. The molecule has 1 fully saturated rings. The summed E-state index contributed by atoms with van der Waals surface area (Å²) in [6, 6.07) is 11.3. The molecule has 7 heteroatoms. The lowest BCUT2D eigenvalue weighted by atomic mass is 9.91. The molecule has 2 amide bonds. The van der Waals surface area contributed by atoms with Gasteiger partial charge in [0.1, 0.15) is 11.9 Å². The Bertz CT molecular complexity index is 803. The molecule has 7 nitrogen and oxygen atoms in total. The van der Waals surface area contributed by atoms with Crippen LogP contribution in [-0.4, -0.2) is 45.7 Å². The Morgan fingerprint density at radius 2 is 2.04 bits per heavy atom. The van der Waals surface area contributed by atoms with Crippen molar-refractivity contribution in [3.8, 4) is 5.75 Å². The SMILES string of the molecule is CCn1nc(C(=O)N2CC[C@H](Oc3ccccc3)[C@@H](CC(N)=O)C2)cc1C. The summed E-state index contributed by atoms with van der Waals surface area (Å²) in [7, 11) is 0. The van der Waals surface area contributed by atoms with E-state index in [1.165, 1.54) is 0 Å². The molecule has 0 unspecified atom stereocenters. The number of carbonyl (C=O) groups is 2. The van der Waals surface area contributed by atoms with Crippen molar-refractivity contribution in [2.45, 2.75) is 39.3 Å². The highest BCUT2D eigenvalue weighted by molar-refractivity contribution is 5.92. The highest BCUT2D eigenvalue weighted by atomic mass is 16.5. The predicted molar refractivity (Wildman–Crippen MR) is 101 cm³/mol. The highest BCUT2D eigenvalue weighted by Crippen LogP contribution is 2.26. The number of aromatic nitrogens is 2. The van der Waals surface area contributed by atoms with Crippen molar-refractivity contribution in [3.63, 3.8) is 0 Å². The van der Waals surface area contributed by atoms with Crippen molar-refractivity contribution in [1.29, 1.82) is 0 Å². The van der Waals surface area contributed by atoms with E-state index >= 15 is 0 Å². The fourth-order valence-corrected chi connectivity index (χ4v) is 3.58. The maximum atomic E-state index is 12.9. The minimum absolute atomic E-state index is 0.113. The molecule has 0 bridgehead atoms. The van der Waals surface area contributed by atoms with Gasteiger partial charge in [-0.25, -0.2) is 0 Å². The van der Waals surface area contributed by atoms with Gasteiger partial charge in [0.05, 0.1) is 0 Å². The fourth-order valence-electron chi connectivity index (χ4n) is 3.58. The molecule has 1 aromatic heterocycles. The number of aryl methyl sites for hydroxylation is 2. The van der Waals surface area contributed by atoms with Crippen molar-refractivity contribution in [1.82, 2.24) is 14.7 Å². The third kappa shape index (κ3) is 4.48. The Kier molecular flexibility index (Phi) is 5.78. The van der Waals surface area contributed by atoms with Crippen LogP contribution in [0.2, 0.25) is 0 Å². The van der Waals surface area contributed by atoms with Crippen LogP contribution < -0.4 is 10.5 Å². The van der Waals surface area contributed by atoms with Crippen LogP contribution in [0.5, 0.6) is 5.75 Å². The summed E-state index contributed by atoms with van der Waals surface area (Å²) in [6.45, 7) is 5.63. The van der Waals surface area contributed by atoms with Crippen molar-refractivity contribution < 1.29 is 14.3 Å². The number of para-hydroxylation sites is 1. The summed E-state index contributed by atoms with van der Waals surface area (Å²) >= 11 is 0. The molecule has 27 heavy (non-hydrogen) atoms. The number of primary amides is 1. The first-order valence-corrected chi connectivity index (χ1v) is 9.31. The maximum Gasteiger partial charge on any atom is 0.274 e. The molecule has 1 aromatic carbocycles. The summed E-state index contributed by atoms with van der Waals surface area (Å²) in [5.41, 5.74) is 6.83. The van der Waals surface area contributed by atoms with Gasteiger partial charge in [0.15, 0.2) is 5.69 Å². The molecule has 0 aliphatic carbocycles. The monoisotopic (exact) mass is 370 g/mol. The number of likely N-dealkylation sites (tertiary alicyclic amines) is 1. The van der Waals surface area contributed by atoms with E-state index in [9.17, 15) is 9.59 Å². The molecule has 0 radical (unpaired) electrons.